The van der Waals surface area contributed by atoms with Crippen LogP contribution in [0.5, 0.6) is 0 Å². The molecule has 116 valence electrons. The summed E-state index contributed by atoms with van der Waals surface area (Å²) >= 11 is 1.33. The van der Waals surface area contributed by atoms with Crippen molar-refractivity contribution >= 4 is 29.4 Å². The number of hydrogen-bond donors (Lipinski definition) is 2. The van der Waals surface area contributed by atoms with Gasteiger partial charge in [0.1, 0.15) is 9.90 Å². The zero-order chi connectivity index (χ0) is 16.0. The lowest BCUT2D eigenvalue weighted by Gasteiger charge is -2.29. The summed E-state index contributed by atoms with van der Waals surface area (Å²) in [4.78, 5) is 35.9. The topological polar surface area (TPSA) is 78.5 Å². The molecule has 0 unspecified atom stereocenters. The highest BCUT2D eigenvalue weighted by atomic mass is 32.2. The second-order valence-electron chi connectivity index (χ2n) is 6.62. The summed E-state index contributed by atoms with van der Waals surface area (Å²) in [5.74, 6) is -0.304. The second kappa shape index (κ2) is 5.05. The van der Waals surface area contributed by atoms with Crippen LogP contribution in [0.2, 0.25) is 0 Å². The molecule has 0 aromatic heterocycles. The van der Waals surface area contributed by atoms with E-state index in [1.165, 1.54) is 23.8 Å². The van der Waals surface area contributed by atoms with E-state index < -0.39 is 4.87 Å². The maximum atomic E-state index is 12.3. The maximum Gasteiger partial charge on any atom is 0.337 e. The maximum absolute atomic E-state index is 12.3. The predicted molar refractivity (Wildman–Crippen MR) is 81.2 cm³/mol. The first-order valence-electron chi connectivity index (χ1n) is 6.86. The Balaban J connectivity index is 2.36. The Bertz CT molecular complexity index is 530. The second-order valence-corrected chi connectivity index (χ2v) is 8.23. The summed E-state index contributed by atoms with van der Waals surface area (Å²) in [6.45, 7) is 7.55. The Morgan fingerprint density at radius 3 is 2.19 bits per heavy atom. The lowest BCUT2D eigenvalue weighted by molar-refractivity contribution is -0.127. The standard InChI is InChI=1S/C14H21N3O3S/c1-13(2)6-8(18)10(9(19)7-13)11-16-17(12(20)15-5)14(3,4)21-11/h16H,6-7H2,1-5H3,(H,15,20). The van der Waals surface area contributed by atoms with E-state index in [0.29, 0.717) is 17.9 Å². The first-order valence-corrected chi connectivity index (χ1v) is 7.67. The Morgan fingerprint density at radius 2 is 1.71 bits per heavy atom. The van der Waals surface area contributed by atoms with Crippen LogP contribution in [0, 0.1) is 5.41 Å². The number of amides is 2. The van der Waals surface area contributed by atoms with Gasteiger partial charge < -0.3 is 5.32 Å². The van der Waals surface area contributed by atoms with Gasteiger partial charge in [-0.05, 0) is 19.3 Å². The molecule has 1 heterocycles. The van der Waals surface area contributed by atoms with Crippen LogP contribution in [0.4, 0.5) is 4.79 Å². The molecule has 2 N–H and O–H groups in total. The number of allylic oxidation sites excluding steroid dienone is 1. The third-order valence-electron chi connectivity index (χ3n) is 3.58. The minimum absolute atomic E-state index is 0.152. The summed E-state index contributed by atoms with van der Waals surface area (Å²) in [7, 11) is 1.54. The van der Waals surface area contributed by atoms with Crippen molar-refractivity contribution in [2.75, 3.05) is 7.05 Å². The van der Waals surface area contributed by atoms with E-state index in [2.05, 4.69) is 10.7 Å². The number of rotatable bonds is 0. The molecule has 0 aromatic carbocycles. The lowest BCUT2D eigenvalue weighted by Crippen LogP contribution is -2.51. The molecule has 0 atom stereocenters. The van der Waals surface area contributed by atoms with Crippen molar-refractivity contribution in [2.24, 2.45) is 5.41 Å². The highest BCUT2D eigenvalue weighted by molar-refractivity contribution is 8.04. The number of hydrogen-bond acceptors (Lipinski definition) is 5. The predicted octanol–water partition coefficient (Wildman–Crippen LogP) is 1.79. The van der Waals surface area contributed by atoms with E-state index in [-0.39, 0.29) is 28.6 Å². The highest BCUT2D eigenvalue weighted by Gasteiger charge is 2.45. The SMILES string of the molecule is CNC(=O)N1NC(=C2C(=O)CC(C)(C)CC2=O)SC1(C)C. The summed E-state index contributed by atoms with van der Waals surface area (Å²) in [6.07, 6.45) is 0.695. The third-order valence-corrected chi connectivity index (χ3v) is 4.77. The summed E-state index contributed by atoms with van der Waals surface area (Å²) in [5, 5.41) is 4.42. The third kappa shape index (κ3) is 2.92. The lowest BCUT2D eigenvalue weighted by atomic mass is 9.74. The van der Waals surface area contributed by atoms with Crippen molar-refractivity contribution in [1.82, 2.24) is 15.8 Å². The Kier molecular flexibility index (Phi) is 3.82. The monoisotopic (exact) mass is 311 g/mol. The van der Waals surface area contributed by atoms with Crippen LogP contribution < -0.4 is 10.7 Å². The zero-order valence-corrected chi connectivity index (χ0v) is 13.8. The quantitative estimate of drug-likeness (QED) is 0.527. The Labute approximate surface area is 128 Å². The van der Waals surface area contributed by atoms with Gasteiger partial charge in [0.2, 0.25) is 0 Å². The molecule has 0 radical (unpaired) electrons. The van der Waals surface area contributed by atoms with Gasteiger partial charge in [-0.3, -0.25) is 15.0 Å². The Hall–Kier alpha value is -1.50. The van der Waals surface area contributed by atoms with E-state index in [4.69, 9.17) is 0 Å². The molecule has 2 rings (SSSR count). The van der Waals surface area contributed by atoms with Gasteiger partial charge in [-0.2, -0.15) is 0 Å². The van der Waals surface area contributed by atoms with E-state index in [1.807, 2.05) is 27.7 Å². The van der Waals surface area contributed by atoms with Crippen LogP contribution in [-0.4, -0.2) is 34.5 Å². The van der Waals surface area contributed by atoms with Crippen molar-refractivity contribution in [3.8, 4) is 0 Å². The number of ketones is 2. The fourth-order valence-electron chi connectivity index (χ4n) is 2.59. The van der Waals surface area contributed by atoms with Crippen LogP contribution in [0.25, 0.3) is 0 Å². The number of Topliss-reactive ketones (excluding diaryl/α,β-unsaturated/α-hetero) is 2. The first kappa shape index (κ1) is 15.9. The summed E-state index contributed by atoms with van der Waals surface area (Å²) in [5.41, 5.74) is 2.83. The van der Waals surface area contributed by atoms with Crippen LogP contribution in [0.15, 0.2) is 10.6 Å². The van der Waals surface area contributed by atoms with Gasteiger partial charge >= 0.3 is 6.03 Å². The molecule has 1 saturated carbocycles. The number of carbonyl (C=O) groups excluding carboxylic acids is 3. The van der Waals surface area contributed by atoms with Crippen LogP contribution in [-0.2, 0) is 9.59 Å². The first-order chi connectivity index (χ1) is 9.57. The molecule has 6 nitrogen and oxygen atoms in total. The van der Waals surface area contributed by atoms with Gasteiger partial charge in [-0.1, -0.05) is 25.6 Å². The average Bonchev–Trinajstić information content (AvgIpc) is 2.61. The van der Waals surface area contributed by atoms with Crippen molar-refractivity contribution in [2.45, 2.75) is 45.4 Å². The number of nitrogens with zero attached hydrogens (tertiary/aromatic N) is 1. The van der Waals surface area contributed by atoms with Crippen LogP contribution >= 0.6 is 11.8 Å². The molecular weight excluding hydrogens is 290 g/mol. The van der Waals surface area contributed by atoms with Crippen LogP contribution in [0.3, 0.4) is 0 Å². The molecule has 2 amide bonds. The molecule has 2 fully saturated rings. The number of carbonyl (C=O) groups is 3. The van der Waals surface area contributed by atoms with Gasteiger partial charge in [0, 0.05) is 19.9 Å². The largest absolute Gasteiger partial charge is 0.340 e. The fraction of sp³-hybridized carbons (Fsp3) is 0.643. The van der Waals surface area contributed by atoms with E-state index in [9.17, 15) is 14.4 Å². The van der Waals surface area contributed by atoms with Gasteiger partial charge in [-0.25, -0.2) is 9.80 Å². The summed E-state index contributed by atoms with van der Waals surface area (Å²) < 4.78 is 0. The number of thioether (sulfide) groups is 1. The highest BCUT2D eigenvalue weighted by Crippen LogP contribution is 2.43. The minimum Gasteiger partial charge on any atom is -0.340 e. The van der Waals surface area contributed by atoms with E-state index in [0.717, 1.165) is 0 Å². The molecule has 21 heavy (non-hydrogen) atoms. The fourth-order valence-corrected chi connectivity index (χ4v) is 3.77. The average molecular weight is 311 g/mol. The molecule has 1 aliphatic carbocycles. The Morgan fingerprint density at radius 1 is 1.19 bits per heavy atom. The molecular formula is C14H21N3O3S. The van der Waals surface area contributed by atoms with E-state index in [1.54, 1.807) is 0 Å². The molecule has 2 aliphatic rings. The van der Waals surface area contributed by atoms with Crippen molar-refractivity contribution in [1.29, 1.82) is 0 Å². The molecule has 1 aliphatic heterocycles. The van der Waals surface area contributed by atoms with Gasteiger partial charge in [0.05, 0.1) is 5.57 Å². The van der Waals surface area contributed by atoms with Crippen molar-refractivity contribution < 1.29 is 14.4 Å². The van der Waals surface area contributed by atoms with Gasteiger partial charge in [0.25, 0.3) is 0 Å². The van der Waals surface area contributed by atoms with E-state index >= 15 is 0 Å². The normalized spacial score (nSPS) is 24.1. The molecule has 0 bridgehead atoms. The van der Waals surface area contributed by atoms with Crippen molar-refractivity contribution in [3.05, 3.63) is 10.6 Å². The molecule has 0 spiro atoms. The van der Waals surface area contributed by atoms with Crippen molar-refractivity contribution in [3.63, 3.8) is 0 Å². The smallest absolute Gasteiger partial charge is 0.337 e. The number of urea groups is 1. The molecule has 7 heteroatoms. The number of nitrogens with one attached hydrogen (secondary N) is 2. The molecule has 0 aromatic rings. The molecule has 1 saturated heterocycles. The van der Waals surface area contributed by atoms with Gasteiger partial charge in [-0.15, -0.1) is 0 Å². The van der Waals surface area contributed by atoms with Gasteiger partial charge in [0.15, 0.2) is 11.6 Å². The minimum atomic E-state index is -0.573. The number of hydrazine groups is 1. The summed E-state index contributed by atoms with van der Waals surface area (Å²) in [6, 6.07) is -0.306. The zero-order valence-electron chi connectivity index (χ0n) is 13.0. The van der Waals surface area contributed by atoms with Crippen LogP contribution in [0.1, 0.15) is 40.5 Å².